The van der Waals surface area contributed by atoms with Gasteiger partial charge in [-0.15, -0.1) is 0 Å². The second-order valence-electron chi connectivity index (χ2n) is 5.24. The highest BCUT2D eigenvalue weighted by Crippen LogP contribution is 2.30. The van der Waals surface area contributed by atoms with E-state index >= 15 is 0 Å². The van der Waals surface area contributed by atoms with Crippen molar-refractivity contribution < 1.29 is 0 Å². The fourth-order valence-electron chi connectivity index (χ4n) is 2.87. The maximum Gasteiger partial charge on any atom is 0.254 e. The molecule has 0 amide bonds. The Morgan fingerprint density at radius 3 is 2.45 bits per heavy atom. The molecule has 0 atom stereocenters. The van der Waals surface area contributed by atoms with Crippen LogP contribution in [0, 0.1) is 13.8 Å². The van der Waals surface area contributed by atoms with E-state index in [2.05, 4.69) is 51.2 Å². The lowest BCUT2D eigenvalue weighted by Gasteiger charge is -2.21. The van der Waals surface area contributed by atoms with Crippen molar-refractivity contribution in [1.82, 2.24) is 19.6 Å². The molecule has 20 heavy (non-hydrogen) atoms. The summed E-state index contributed by atoms with van der Waals surface area (Å²) in [5, 5.41) is 4.33. The van der Waals surface area contributed by atoms with E-state index in [0.29, 0.717) is 5.78 Å². The van der Waals surface area contributed by atoms with Gasteiger partial charge in [0.2, 0.25) is 0 Å². The third kappa shape index (κ3) is 1.52. The van der Waals surface area contributed by atoms with Crippen LogP contribution in [0.3, 0.4) is 0 Å². The average Bonchev–Trinajstić information content (AvgIpc) is 3.05. The topological polar surface area (TPSA) is 46.3 Å². The van der Waals surface area contributed by atoms with Crippen LogP contribution in [0.1, 0.15) is 22.4 Å². The van der Waals surface area contributed by atoms with E-state index in [9.17, 15) is 0 Å². The lowest BCUT2D eigenvalue weighted by Crippen LogP contribution is -2.20. The molecule has 1 aliphatic heterocycles. The summed E-state index contributed by atoms with van der Waals surface area (Å²) in [7, 11) is 0. The van der Waals surface area contributed by atoms with Crippen LogP contribution in [-0.2, 0) is 13.1 Å². The third-order valence-electron chi connectivity index (χ3n) is 4.02. The third-order valence-corrected chi connectivity index (χ3v) is 4.02. The number of hydrogen-bond acceptors (Lipinski definition) is 4. The molecular formula is C15H15N5. The van der Waals surface area contributed by atoms with Crippen LogP contribution >= 0.6 is 0 Å². The minimum Gasteiger partial charge on any atom is -0.347 e. The fourth-order valence-corrected chi connectivity index (χ4v) is 2.87. The van der Waals surface area contributed by atoms with Crippen molar-refractivity contribution in [2.45, 2.75) is 26.9 Å². The second-order valence-corrected chi connectivity index (χ2v) is 5.24. The van der Waals surface area contributed by atoms with Crippen molar-refractivity contribution in [3.05, 3.63) is 53.0 Å². The Labute approximate surface area is 116 Å². The zero-order valence-corrected chi connectivity index (χ0v) is 11.5. The van der Waals surface area contributed by atoms with Crippen molar-refractivity contribution in [3.8, 4) is 0 Å². The summed E-state index contributed by atoms with van der Waals surface area (Å²) in [5.74, 6) is 1.76. The van der Waals surface area contributed by atoms with Crippen LogP contribution in [0.2, 0.25) is 0 Å². The van der Waals surface area contributed by atoms with E-state index in [-0.39, 0.29) is 0 Å². The standard InChI is InChI=1S/C15H15N5/c1-10-11(2)18-15-16-9-17-20(15)14(10)19-7-12-5-3-4-6-13(12)8-19/h3-6,9H,7-8H2,1-2H3. The summed E-state index contributed by atoms with van der Waals surface area (Å²) in [6.45, 7) is 5.95. The average molecular weight is 265 g/mol. The van der Waals surface area contributed by atoms with Crippen molar-refractivity contribution in [3.63, 3.8) is 0 Å². The molecule has 100 valence electrons. The van der Waals surface area contributed by atoms with Gasteiger partial charge in [-0.2, -0.15) is 14.6 Å². The molecule has 4 rings (SSSR count). The molecule has 3 heterocycles. The first-order valence-corrected chi connectivity index (χ1v) is 6.72. The number of hydrogen-bond donors (Lipinski definition) is 0. The van der Waals surface area contributed by atoms with E-state index in [1.807, 2.05) is 11.4 Å². The van der Waals surface area contributed by atoms with Gasteiger partial charge in [0.1, 0.15) is 12.1 Å². The summed E-state index contributed by atoms with van der Waals surface area (Å²) in [5.41, 5.74) is 4.94. The molecule has 5 nitrogen and oxygen atoms in total. The lowest BCUT2D eigenvalue weighted by atomic mass is 10.1. The summed E-state index contributed by atoms with van der Waals surface area (Å²) in [4.78, 5) is 11.0. The van der Waals surface area contributed by atoms with Gasteiger partial charge < -0.3 is 4.90 Å². The zero-order chi connectivity index (χ0) is 13.7. The van der Waals surface area contributed by atoms with E-state index < -0.39 is 0 Å². The van der Waals surface area contributed by atoms with Gasteiger partial charge in [-0.25, -0.2) is 4.98 Å². The van der Waals surface area contributed by atoms with E-state index in [0.717, 1.165) is 30.2 Å². The number of aryl methyl sites for hydroxylation is 1. The van der Waals surface area contributed by atoms with Gasteiger partial charge in [0.05, 0.1) is 0 Å². The minimum absolute atomic E-state index is 0.666. The Morgan fingerprint density at radius 1 is 1.05 bits per heavy atom. The molecule has 0 saturated heterocycles. The zero-order valence-electron chi connectivity index (χ0n) is 11.5. The maximum atomic E-state index is 4.48. The Hall–Kier alpha value is -2.43. The summed E-state index contributed by atoms with van der Waals surface area (Å²) in [6, 6.07) is 8.57. The second kappa shape index (κ2) is 4.03. The highest BCUT2D eigenvalue weighted by molar-refractivity contribution is 5.56. The molecule has 2 aromatic heterocycles. The SMILES string of the molecule is Cc1nc2ncnn2c(N2Cc3ccccc3C2)c1C. The summed E-state index contributed by atoms with van der Waals surface area (Å²) >= 11 is 0. The summed E-state index contributed by atoms with van der Waals surface area (Å²) < 4.78 is 1.84. The molecule has 0 N–H and O–H groups in total. The van der Waals surface area contributed by atoms with Gasteiger partial charge in [-0.3, -0.25) is 0 Å². The highest BCUT2D eigenvalue weighted by atomic mass is 15.4. The largest absolute Gasteiger partial charge is 0.347 e. The van der Waals surface area contributed by atoms with Gasteiger partial charge in [-0.1, -0.05) is 24.3 Å². The molecule has 0 spiro atoms. The smallest absolute Gasteiger partial charge is 0.254 e. The first kappa shape index (κ1) is 11.4. The van der Waals surface area contributed by atoms with Crippen LogP contribution in [0.15, 0.2) is 30.6 Å². The molecule has 3 aromatic rings. The van der Waals surface area contributed by atoms with Crippen molar-refractivity contribution >= 4 is 11.6 Å². The first-order valence-electron chi connectivity index (χ1n) is 6.72. The summed E-state index contributed by atoms with van der Waals surface area (Å²) in [6.07, 6.45) is 1.56. The maximum absolute atomic E-state index is 4.48. The van der Waals surface area contributed by atoms with Gasteiger partial charge >= 0.3 is 0 Å². The minimum atomic E-state index is 0.666. The fraction of sp³-hybridized carbons (Fsp3) is 0.267. The molecule has 0 aliphatic carbocycles. The monoisotopic (exact) mass is 265 g/mol. The van der Waals surface area contributed by atoms with E-state index in [1.54, 1.807) is 6.33 Å². The predicted octanol–water partition coefficient (Wildman–Crippen LogP) is 2.26. The molecule has 0 unspecified atom stereocenters. The van der Waals surface area contributed by atoms with Gasteiger partial charge in [0.15, 0.2) is 0 Å². The van der Waals surface area contributed by atoms with Crippen molar-refractivity contribution in [1.29, 1.82) is 0 Å². The number of nitrogens with zero attached hydrogens (tertiary/aromatic N) is 5. The first-order chi connectivity index (χ1) is 9.74. The lowest BCUT2D eigenvalue weighted by molar-refractivity contribution is 0.791. The molecule has 1 aliphatic rings. The number of benzene rings is 1. The van der Waals surface area contributed by atoms with Crippen LogP contribution in [0.25, 0.3) is 5.78 Å². The Morgan fingerprint density at radius 2 is 1.75 bits per heavy atom. The van der Waals surface area contributed by atoms with Crippen molar-refractivity contribution in [2.24, 2.45) is 0 Å². The molecule has 1 aromatic carbocycles. The predicted molar refractivity (Wildman–Crippen MR) is 76.6 cm³/mol. The quantitative estimate of drug-likeness (QED) is 0.677. The Kier molecular flexibility index (Phi) is 2.30. The van der Waals surface area contributed by atoms with Gasteiger partial charge in [0, 0.05) is 24.3 Å². The molecular weight excluding hydrogens is 250 g/mol. The number of aromatic nitrogens is 4. The van der Waals surface area contributed by atoms with E-state index in [1.165, 1.54) is 11.1 Å². The van der Waals surface area contributed by atoms with Crippen LogP contribution < -0.4 is 4.90 Å². The van der Waals surface area contributed by atoms with Crippen molar-refractivity contribution in [2.75, 3.05) is 4.90 Å². The normalized spacial score (nSPS) is 14.0. The van der Waals surface area contributed by atoms with Gasteiger partial charge in [0.25, 0.3) is 5.78 Å². The van der Waals surface area contributed by atoms with Crippen LogP contribution in [-0.4, -0.2) is 19.6 Å². The van der Waals surface area contributed by atoms with Crippen LogP contribution in [0.4, 0.5) is 5.82 Å². The Balaban J connectivity index is 1.88. The molecule has 0 fully saturated rings. The highest BCUT2D eigenvalue weighted by Gasteiger charge is 2.23. The van der Waals surface area contributed by atoms with E-state index in [4.69, 9.17) is 0 Å². The molecule has 5 heteroatoms. The number of fused-ring (bicyclic) bond motifs is 2. The molecule has 0 bridgehead atoms. The van der Waals surface area contributed by atoms with Gasteiger partial charge in [-0.05, 0) is 25.0 Å². The van der Waals surface area contributed by atoms with Crippen LogP contribution in [0.5, 0.6) is 0 Å². The molecule has 0 radical (unpaired) electrons. The Bertz CT molecular complexity index is 780. The number of anilines is 1. The molecule has 0 saturated carbocycles. The number of rotatable bonds is 1.